The van der Waals surface area contributed by atoms with Crippen molar-refractivity contribution in [3.05, 3.63) is 64.7 Å². The Morgan fingerprint density at radius 1 is 0.950 bits per heavy atom. The summed E-state index contributed by atoms with van der Waals surface area (Å²) in [6, 6.07) is 14.7. The highest BCUT2D eigenvalue weighted by Crippen LogP contribution is 2.27. The van der Waals surface area contributed by atoms with Crippen LogP contribution in [-0.2, 0) is 0 Å². The fraction of sp³-hybridized carbons (Fsp3) is 0.333. The molecule has 0 aliphatic heterocycles. The van der Waals surface area contributed by atoms with E-state index in [0.717, 1.165) is 11.5 Å². The van der Waals surface area contributed by atoms with Crippen LogP contribution in [0, 0.1) is 20.8 Å². The van der Waals surface area contributed by atoms with Gasteiger partial charge >= 0.3 is 0 Å². The minimum Gasteiger partial charge on any atom is -0.492 e. The molecule has 0 fully saturated rings. The molecule has 0 saturated carbocycles. The van der Waals surface area contributed by atoms with Crippen molar-refractivity contribution in [1.82, 2.24) is 0 Å². The molecule has 1 nitrogen and oxygen atoms in total. The normalized spacial score (nSPS) is 12.2. The van der Waals surface area contributed by atoms with Crippen LogP contribution in [0.25, 0.3) is 0 Å². The second kappa shape index (κ2) is 6.85. The Labute approximate surface area is 127 Å². The zero-order valence-electron chi connectivity index (χ0n) is 12.4. The molecule has 0 heterocycles. The van der Waals surface area contributed by atoms with Gasteiger partial charge in [-0.1, -0.05) is 42.5 Å². The predicted molar refractivity (Wildman–Crippen MR) is 89.2 cm³/mol. The third kappa shape index (κ3) is 3.37. The average Bonchev–Trinajstić information content (AvgIpc) is 2.48. The number of benzene rings is 2. The molecule has 2 rings (SSSR count). The van der Waals surface area contributed by atoms with Crippen molar-refractivity contribution >= 4 is 12.6 Å². The standard InChI is InChI=1S/C18H22OS/c1-13-9-10-14(2)18(15(13)3)19-11-17(12-20)16-7-5-4-6-8-16/h4-10,17,20H,11-12H2,1-3H3. The van der Waals surface area contributed by atoms with Gasteiger partial charge in [0, 0.05) is 11.7 Å². The Bertz CT molecular complexity index is 563. The molecule has 0 N–H and O–H groups in total. The Balaban J connectivity index is 2.14. The van der Waals surface area contributed by atoms with Crippen LogP contribution >= 0.6 is 12.6 Å². The summed E-state index contributed by atoms with van der Waals surface area (Å²) in [5.41, 5.74) is 4.98. The summed E-state index contributed by atoms with van der Waals surface area (Å²) in [4.78, 5) is 0. The van der Waals surface area contributed by atoms with Crippen molar-refractivity contribution in [2.24, 2.45) is 0 Å². The summed E-state index contributed by atoms with van der Waals surface area (Å²) < 4.78 is 6.11. The highest BCUT2D eigenvalue weighted by molar-refractivity contribution is 7.80. The molecule has 0 saturated heterocycles. The second-order valence-corrected chi connectivity index (χ2v) is 5.62. The molecule has 1 atom stereocenters. The van der Waals surface area contributed by atoms with Crippen LogP contribution in [0.3, 0.4) is 0 Å². The Kier molecular flexibility index (Phi) is 5.13. The summed E-state index contributed by atoms with van der Waals surface area (Å²) in [5.74, 6) is 2.13. The number of hydrogen-bond acceptors (Lipinski definition) is 2. The van der Waals surface area contributed by atoms with Gasteiger partial charge in [-0.25, -0.2) is 0 Å². The Morgan fingerprint density at radius 2 is 1.60 bits per heavy atom. The van der Waals surface area contributed by atoms with Crippen LogP contribution < -0.4 is 4.74 Å². The number of rotatable bonds is 5. The molecule has 20 heavy (non-hydrogen) atoms. The average molecular weight is 286 g/mol. The van der Waals surface area contributed by atoms with Gasteiger partial charge in [0.15, 0.2) is 0 Å². The fourth-order valence-electron chi connectivity index (χ4n) is 2.31. The highest BCUT2D eigenvalue weighted by atomic mass is 32.1. The first kappa shape index (κ1) is 15.0. The van der Waals surface area contributed by atoms with Gasteiger partial charge < -0.3 is 4.74 Å². The number of thiol groups is 1. The zero-order valence-corrected chi connectivity index (χ0v) is 13.3. The Morgan fingerprint density at radius 3 is 2.25 bits per heavy atom. The quantitative estimate of drug-likeness (QED) is 0.784. The summed E-state index contributed by atoms with van der Waals surface area (Å²) in [6.07, 6.45) is 0. The van der Waals surface area contributed by atoms with E-state index in [1.54, 1.807) is 0 Å². The van der Waals surface area contributed by atoms with Crippen molar-refractivity contribution in [3.8, 4) is 5.75 Å². The van der Waals surface area contributed by atoms with E-state index in [0.29, 0.717) is 12.5 Å². The fourth-order valence-corrected chi connectivity index (χ4v) is 2.63. The van der Waals surface area contributed by atoms with Gasteiger partial charge in [-0.3, -0.25) is 0 Å². The molecule has 0 amide bonds. The molecule has 0 aliphatic rings. The van der Waals surface area contributed by atoms with Crippen molar-refractivity contribution in [2.45, 2.75) is 26.7 Å². The van der Waals surface area contributed by atoms with E-state index >= 15 is 0 Å². The van der Waals surface area contributed by atoms with Gasteiger partial charge in [-0.05, 0) is 43.0 Å². The maximum Gasteiger partial charge on any atom is 0.125 e. The second-order valence-electron chi connectivity index (χ2n) is 5.25. The van der Waals surface area contributed by atoms with Gasteiger partial charge in [-0.2, -0.15) is 12.6 Å². The van der Waals surface area contributed by atoms with Crippen molar-refractivity contribution in [1.29, 1.82) is 0 Å². The van der Waals surface area contributed by atoms with E-state index in [-0.39, 0.29) is 0 Å². The molecular weight excluding hydrogens is 264 g/mol. The van der Waals surface area contributed by atoms with Crippen LogP contribution in [-0.4, -0.2) is 12.4 Å². The van der Waals surface area contributed by atoms with Gasteiger partial charge in [0.1, 0.15) is 5.75 Å². The summed E-state index contributed by atoms with van der Waals surface area (Å²) in [6.45, 7) is 7.00. The maximum absolute atomic E-state index is 6.11. The first-order valence-electron chi connectivity index (χ1n) is 6.99. The topological polar surface area (TPSA) is 9.23 Å². The molecule has 2 aromatic carbocycles. The summed E-state index contributed by atoms with van der Waals surface area (Å²) in [5, 5.41) is 0. The first-order chi connectivity index (χ1) is 9.63. The lowest BCUT2D eigenvalue weighted by atomic mass is 10.0. The molecular formula is C18H22OS. The van der Waals surface area contributed by atoms with E-state index in [2.05, 4.69) is 69.8 Å². The molecule has 0 bridgehead atoms. The number of hydrogen-bond donors (Lipinski definition) is 1. The van der Waals surface area contributed by atoms with Gasteiger partial charge in [-0.15, -0.1) is 0 Å². The van der Waals surface area contributed by atoms with E-state index in [9.17, 15) is 0 Å². The van der Waals surface area contributed by atoms with Crippen LogP contribution in [0.1, 0.15) is 28.2 Å². The lowest BCUT2D eigenvalue weighted by Gasteiger charge is -2.19. The molecule has 0 aromatic heterocycles. The number of aryl methyl sites for hydroxylation is 2. The van der Waals surface area contributed by atoms with E-state index in [1.165, 1.54) is 22.3 Å². The van der Waals surface area contributed by atoms with E-state index in [4.69, 9.17) is 4.74 Å². The van der Waals surface area contributed by atoms with Crippen molar-refractivity contribution in [3.63, 3.8) is 0 Å². The van der Waals surface area contributed by atoms with E-state index in [1.807, 2.05) is 6.07 Å². The molecule has 106 valence electrons. The summed E-state index contributed by atoms with van der Waals surface area (Å²) >= 11 is 4.47. The monoisotopic (exact) mass is 286 g/mol. The van der Waals surface area contributed by atoms with Crippen molar-refractivity contribution < 1.29 is 4.74 Å². The minimum atomic E-state index is 0.318. The van der Waals surface area contributed by atoms with Crippen molar-refractivity contribution in [2.75, 3.05) is 12.4 Å². The molecule has 2 heteroatoms. The van der Waals surface area contributed by atoms with Crippen LogP contribution in [0.2, 0.25) is 0 Å². The van der Waals surface area contributed by atoms with Crippen LogP contribution in [0.5, 0.6) is 5.75 Å². The van der Waals surface area contributed by atoms with Gasteiger partial charge in [0.25, 0.3) is 0 Å². The molecule has 2 aromatic rings. The number of ether oxygens (including phenoxy) is 1. The lowest BCUT2D eigenvalue weighted by molar-refractivity contribution is 0.294. The largest absolute Gasteiger partial charge is 0.492 e. The van der Waals surface area contributed by atoms with Gasteiger partial charge in [0.2, 0.25) is 0 Å². The zero-order chi connectivity index (χ0) is 14.5. The minimum absolute atomic E-state index is 0.318. The van der Waals surface area contributed by atoms with Gasteiger partial charge in [0.05, 0.1) is 6.61 Å². The van der Waals surface area contributed by atoms with Crippen LogP contribution in [0.15, 0.2) is 42.5 Å². The Hall–Kier alpha value is -1.41. The molecule has 0 aliphatic carbocycles. The first-order valence-corrected chi connectivity index (χ1v) is 7.62. The van der Waals surface area contributed by atoms with E-state index < -0.39 is 0 Å². The lowest BCUT2D eigenvalue weighted by Crippen LogP contribution is -2.13. The predicted octanol–water partition coefficient (Wildman–Crippen LogP) is 4.70. The maximum atomic E-state index is 6.11. The smallest absolute Gasteiger partial charge is 0.125 e. The molecule has 0 spiro atoms. The third-order valence-electron chi connectivity index (χ3n) is 3.79. The third-order valence-corrected chi connectivity index (χ3v) is 4.23. The molecule has 0 radical (unpaired) electrons. The SMILES string of the molecule is Cc1ccc(C)c(OCC(CS)c2ccccc2)c1C. The van der Waals surface area contributed by atoms with Crippen LogP contribution in [0.4, 0.5) is 0 Å². The molecule has 1 unspecified atom stereocenters. The highest BCUT2D eigenvalue weighted by Gasteiger charge is 2.13. The summed E-state index contributed by atoms with van der Waals surface area (Å²) in [7, 11) is 0.